The Morgan fingerprint density at radius 2 is 1.26 bits per heavy atom. The first-order chi connectivity index (χ1) is 24.5. The van der Waals surface area contributed by atoms with Crippen molar-refractivity contribution in [2.24, 2.45) is 0 Å². The summed E-state index contributed by atoms with van der Waals surface area (Å²) in [6.07, 6.45) is 5.21. The lowest BCUT2D eigenvalue weighted by molar-refractivity contribution is 0.00309. The van der Waals surface area contributed by atoms with E-state index >= 15 is 0 Å². The van der Waals surface area contributed by atoms with Gasteiger partial charge in [0.1, 0.15) is 42.5 Å². The van der Waals surface area contributed by atoms with Gasteiger partial charge in [0, 0.05) is 30.9 Å². The fourth-order valence-corrected chi connectivity index (χ4v) is 6.38. The highest BCUT2D eigenvalue weighted by atomic mass is 16.5. The van der Waals surface area contributed by atoms with E-state index in [1.165, 1.54) is 6.33 Å². The van der Waals surface area contributed by atoms with Crippen molar-refractivity contribution in [1.82, 2.24) is 19.4 Å². The van der Waals surface area contributed by atoms with Gasteiger partial charge in [-0.25, -0.2) is 19.6 Å². The summed E-state index contributed by atoms with van der Waals surface area (Å²) in [5.74, 6) is 1.10. The van der Waals surface area contributed by atoms with Crippen LogP contribution in [0.25, 0.3) is 22.2 Å². The van der Waals surface area contributed by atoms with Crippen molar-refractivity contribution in [3.05, 3.63) is 139 Å². The Morgan fingerprint density at radius 1 is 0.720 bits per heavy atom. The largest absolute Gasteiger partial charge is 0.460 e. The molecule has 3 heterocycles. The van der Waals surface area contributed by atoms with Gasteiger partial charge in [-0.2, -0.15) is 0 Å². The Labute approximate surface area is 290 Å². The molecule has 0 amide bonds. The second-order valence-corrected chi connectivity index (χ2v) is 12.2. The smallest absolute Gasteiger partial charge is 0.338 e. The van der Waals surface area contributed by atoms with E-state index in [0.717, 1.165) is 46.5 Å². The summed E-state index contributed by atoms with van der Waals surface area (Å²) in [6, 6.07) is 35.2. The van der Waals surface area contributed by atoms with Crippen molar-refractivity contribution in [2.75, 3.05) is 32.0 Å². The van der Waals surface area contributed by atoms with E-state index < -0.39 is 11.9 Å². The summed E-state index contributed by atoms with van der Waals surface area (Å²) in [5, 5.41) is 0.810. The average molecular weight is 668 g/mol. The number of nitrogen functional groups attached to an aromatic ring is 1. The standard InChI is InChI=1S/C40H37N5O5/c41-37-36-35(28-16-18-34(19-17-28)50-33-14-8-3-9-15-33)24-45(38(36)43-27-42-37)31-20-22-44(23-21-31)32(25-48-39(46)29-10-4-1-5-11-29)26-49-40(47)30-12-6-2-7-13-30/h1-19,24,27,31-32H,20-23,25-26H2,(H2,41,42,43). The van der Waals surface area contributed by atoms with E-state index in [1.807, 2.05) is 66.7 Å². The first-order valence-electron chi connectivity index (χ1n) is 16.7. The number of carbonyl (C=O) groups is 2. The highest BCUT2D eigenvalue weighted by Crippen LogP contribution is 2.37. The molecule has 0 radical (unpaired) electrons. The first kappa shape index (κ1) is 32.5. The molecule has 1 aliphatic rings. The van der Waals surface area contributed by atoms with Gasteiger partial charge in [0.25, 0.3) is 0 Å². The number of para-hydroxylation sites is 1. The van der Waals surface area contributed by atoms with Crippen LogP contribution in [-0.2, 0) is 9.47 Å². The maximum Gasteiger partial charge on any atom is 0.338 e. The van der Waals surface area contributed by atoms with Gasteiger partial charge in [0.05, 0.1) is 22.6 Å². The molecule has 10 nitrogen and oxygen atoms in total. The molecular formula is C40H37N5O5. The second kappa shape index (κ2) is 15.0. The van der Waals surface area contributed by atoms with Gasteiger partial charge >= 0.3 is 11.9 Å². The number of piperidine rings is 1. The SMILES string of the molecule is Nc1ncnc2c1c(-c1ccc(Oc3ccccc3)cc1)cn2C1CCN(C(COC(=O)c2ccccc2)COC(=O)c2ccccc2)CC1. The van der Waals surface area contributed by atoms with Crippen molar-refractivity contribution >= 4 is 28.8 Å². The van der Waals surface area contributed by atoms with Crippen LogP contribution in [0.3, 0.4) is 0 Å². The van der Waals surface area contributed by atoms with Crippen LogP contribution in [-0.4, -0.2) is 63.7 Å². The van der Waals surface area contributed by atoms with Gasteiger partial charge in [-0.15, -0.1) is 0 Å². The van der Waals surface area contributed by atoms with E-state index in [9.17, 15) is 9.59 Å². The average Bonchev–Trinajstić information content (AvgIpc) is 3.57. The molecule has 10 heteroatoms. The number of nitrogens with two attached hydrogens (primary N) is 1. The molecule has 252 valence electrons. The Balaban J connectivity index is 1.07. The topological polar surface area (TPSA) is 122 Å². The van der Waals surface area contributed by atoms with E-state index in [0.29, 0.717) is 30.0 Å². The van der Waals surface area contributed by atoms with Crippen LogP contribution in [0.1, 0.15) is 39.6 Å². The Hall–Kier alpha value is -6.00. The molecule has 0 aliphatic carbocycles. The van der Waals surface area contributed by atoms with Crippen molar-refractivity contribution in [3.63, 3.8) is 0 Å². The van der Waals surface area contributed by atoms with Crippen LogP contribution in [0.15, 0.2) is 128 Å². The summed E-state index contributed by atoms with van der Waals surface area (Å²) < 4.78 is 19.7. The molecule has 0 unspecified atom stereocenters. The molecular weight excluding hydrogens is 630 g/mol. The van der Waals surface area contributed by atoms with Crippen LogP contribution in [0.2, 0.25) is 0 Å². The molecule has 4 aromatic carbocycles. The third kappa shape index (κ3) is 7.35. The number of esters is 2. The summed E-state index contributed by atoms with van der Waals surface area (Å²) in [5.41, 5.74) is 10.1. The van der Waals surface area contributed by atoms with Crippen molar-refractivity contribution in [1.29, 1.82) is 0 Å². The first-order valence-corrected chi connectivity index (χ1v) is 16.7. The highest BCUT2D eigenvalue weighted by Gasteiger charge is 2.30. The van der Waals surface area contributed by atoms with Crippen LogP contribution < -0.4 is 10.5 Å². The van der Waals surface area contributed by atoms with Crippen molar-refractivity contribution < 1.29 is 23.8 Å². The lowest BCUT2D eigenvalue weighted by Crippen LogP contribution is -2.47. The zero-order valence-corrected chi connectivity index (χ0v) is 27.4. The minimum absolute atomic E-state index is 0.0881. The van der Waals surface area contributed by atoms with Crippen molar-refractivity contribution in [3.8, 4) is 22.6 Å². The predicted octanol–water partition coefficient (Wildman–Crippen LogP) is 7.19. The minimum atomic E-state index is -0.414. The van der Waals surface area contributed by atoms with Gasteiger partial charge < -0.3 is 24.5 Å². The minimum Gasteiger partial charge on any atom is -0.460 e. The third-order valence-corrected chi connectivity index (χ3v) is 9.02. The van der Waals surface area contributed by atoms with Crippen LogP contribution >= 0.6 is 0 Å². The van der Waals surface area contributed by atoms with E-state index in [-0.39, 0.29) is 25.3 Å². The summed E-state index contributed by atoms with van der Waals surface area (Å²) >= 11 is 0. The van der Waals surface area contributed by atoms with Crippen LogP contribution in [0, 0.1) is 0 Å². The number of fused-ring (bicyclic) bond motifs is 1. The molecule has 1 fully saturated rings. The van der Waals surface area contributed by atoms with E-state index in [1.54, 1.807) is 48.5 Å². The van der Waals surface area contributed by atoms with Gasteiger partial charge in [0.15, 0.2) is 0 Å². The number of ether oxygens (including phenoxy) is 3. The normalized spacial score (nSPS) is 13.7. The fourth-order valence-electron chi connectivity index (χ4n) is 6.38. The summed E-state index contributed by atoms with van der Waals surface area (Å²) in [7, 11) is 0. The second-order valence-electron chi connectivity index (χ2n) is 12.2. The van der Waals surface area contributed by atoms with E-state index in [2.05, 4.69) is 25.6 Å². The Bertz CT molecular complexity index is 1990. The molecule has 0 spiro atoms. The molecule has 1 saturated heterocycles. The monoisotopic (exact) mass is 667 g/mol. The van der Waals surface area contributed by atoms with Gasteiger partial charge in [-0.1, -0.05) is 66.7 Å². The number of benzene rings is 4. The number of nitrogens with zero attached hydrogens (tertiary/aromatic N) is 4. The molecule has 1 aliphatic heterocycles. The molecule has 7 rings (SSSR count). The zero-order chi connectivity index (χ0) is 34.3. The van der Waals surface area contributed by atoms with Crippen LogP contribution in [0.4, 0.5) is 5.82 Å². The number of hydrogen-bond acceptors (Lipinski definition) is 9. The molecule has 2 aromatic heterocycles. The van der Waals surface area contributed by atoms with Crippen molar-refractivity contribution in [2.45, 2.75) is 24.9 Å². The molecule has 0 atom stereocenters. The lowest BCUT2D eigenvalue weighted by atomic mass is 10.0. The fraction of sp³-hybridized carbons (Fsp3) is 0.200. The maximum absolute atomic E-state index is 12.8. The molecule has 0 saturated carbocycles. The number of anilines is 1. The number of aromatic nitrogens is 3. The zero-order valence-electron chi connectivity index (χ0n) is 27.4. The summed E-state index contributed by atoms with van der Waals surface area (Å²) in [6.45, 7) is 1.57. The van der Waals surface area contributed by atoms with E-state index in [4.69, 9.17) is 19.9 Å². The lowest BCUT2D eigenvalue weighted by Gasteiger charge is -2.37. The number of rotatable bonds is 11. The number of hydrogen-bond donors (Lipinski definition) is 1. The molecule has 50 heavy (non-hydrogen) atoms. The van der Waals surface area contributed by atoms with Gasteiger partial charge in [0.2, 0.25) is 0 Å². The third-order valence-electron chi connectivity index (χ3n) is 9.02. The number of likely N-dealkylation sites (tertiary alicyclic amines) is 1. The molecule has 2 N–H and O–H groups in total. The number of carbonyl (C=O) groups excluding carboxylic acids is 2. The highest BCUT2D eigenvalue weighted by molar-refractivity contribution is 6.00. The van der Waals surface area contributed by atoms with Crippen LogP contribution in [0.5, 0.6) is 11.5 Å². The van der Waals surface area contributed by atoms with Gasteiger partial charge in [-0.3, -0.25) is 4.90 Å². The Kier molecular flexibility index (Phi) is 9.79. The van der Waals surface area contributed by atoms with Gasteiger partial charge in [-0.05, 0) is 66.9 Å². The molecule has 6 aromatic rings. The quantitative estimate of drug-likeness (QED) is 0.143. The summed E-state index contributed by atoms with van der Waals surface area (Å²) in [4.78, 5) is 36.8. The predicted molar refractivity (Wildman–Crippen MR) is 191 cm³/mol. The maximum atomic E-state index is 12.8. The Morgan fingerprint density at radius 3 is 1.84 bits per heavy atom. The molecule has 0 bridgehead atoms.